The van der Waals surface area contributed by atoms with Crippen molar-refractivity contribution >= 4 is 35.4 Å². The number of hydrogen-bond acceptors (Lipinski definition) is 7. The molecule has 6 atom stereocenters. The molecule has 0 bridgehead atoms. The molecule has 13 heteroatoms. The maximum absolute atomic E-state index is 13.6. The highest BCUT2D eigenvalue weighted by molar-refractivity contribution is 5.96. The lowest BCUT2D eigenvalue weighted by molar-refractivity contribution is -0.142. The predicted molar refractivity (Wildman–Crippen MR) is 166 cm³/mol. The van der Waals surface area contributed by atoms with Crippen molar-refractivity contribution in [2.45, 2.75) is 110 Å². The van der Waals surface area contributed by atoms with Crippen LogP contribution in [0.3, 0.4) is 0 Å². The van der Waals surface area contributed by atoms with Crippen LogP contribution in [0.15, 0.2) is 0 Å². The third kappa shape index (κ3) is 12.1. The van der Waals surface area contributed by atoms with Crippen LogP contribution in [-0.2, 0) is 33.5 Å². The minimum atomic E-state index is -1.23. The van der Waals surface area contributed by atoms with Crippen molar-refractivity contribution < 1.29 is 33.5 Å². The number of hydrogen-bond donors (Lipinski definition) is 5. The molecule has 6 amide bonds. The van der Waals surface area contributed by atoms with Crippen molar-refractivity contribution in [3.63, 3.8) is 0 Å². The number of carbonyl (C=O) groups excluding carboxylic acids is 6. The molecule has 45 heavy (non-hydrogen) atoms. The third-order valence-corrected chi connectivity index (χ3v) is 7.78. The molecule has 1 fully saturated rings. The molecular weight excluding hydrogens is 580 g/mol. The van der Waals surface area contributed by atoms with E-state index in [1.165, 1.54) is 4.90 Å². The van der Waals surface area contributed by atoms with Crippen LogP contribution in [0.1, 0.15) is 79.6 Å². The van der Waals surface area contributed by atoms with E-state index in [4.69, 9.17) is 10.5 Å². The predicted octanol–water partition coefficient (Wildman–Crippen LogP) is -0.279. The summed E-state index contributed by atoms with van der Waals surface area (Å²) >= 11 is 0. The van der Waals surface area contributed by atoms with Crippen LogP contribution < -0.4 is 27.0 Å². The number of nitrogens with zero attached hydrogens (tertiary/aromatic N) is 1. The smallest absolute Gasteiger partial charge is 0.245 e. The molecule has 2 heterocycles. The second kappa shape index (κ2) is 18.6. The number of amides is 6. The van der Waals surface area contributed by atoms with Crippen molar-refractivity contribution in [1.29, 1.82) is 0 Å². The standard InChI is InChI=1S/C32H48N6O7/c1-6-21(4)27-31(43)36-24(29(41)35-23(28(33)40)18-20(2)3)19-45-17-12-10-8-7-9-11-15-26(39)34-22(5)32(44)38-16-13-14-25(38)30(42)37-27/h20-25,27H,6,9,11,13-19H2,1-5H3,(H2,33,40)(H,34,39)(H,35,41)(H,36,43)(H,37,42)/t21-,22-,23-,24-,25-,27-/m0/s1. The Morgan fingerprint density at radius 2 is 1.76 bits per heavy atom. The number of carbonyl (C=O) groups is 6. The first-order valence-electron chi connectivity index (χ1n) is 15.7. The van der Waals surface area contributed by atoms with Crippen LogP contribution in [0.2, 0.25) is 0 Å². The minimum Gasteiger partial charge on any atom is -0.368 e. The van der Waals surface area contributed by atoms with Gasteiger partial charge in [-0.15, -0.1) is 0 Å². The first-order valence-corrected chi connectivity index (χ1v) is 15.7. The van der Waals surface area contributed by atoms with Gasteiger partial charge in [-0.25, -0.2) is 0 Å². The van der Waals surface area contributed by atoms with E-state index in [0.29, 0.717) is 45.1 Å². The lowest BCUT2D eigenvalue weighted by Crippen LogP contribution is -2.60. The minimum absolute atomic E-state index is 0.0591. The fourth-order valence-corrected chi connectivity index (χ4v) is 5.07. The summed E-state index contributed by atoms with van der Waals surface area (Å²) in [7, 11) is 0. The Kier molecular flexibility index (Phi) is 15.4. The van der Waals surface area contributed by atoms with Gasteiger partial charge < -0.3 is 36.6 Å². The number of nitrogens with two attached hydrogens (primary N) is 1. The Bertz CT molecular complexity index is 1210. The van der Waals surface area contributed by atoms with Gasteiger partial charge in [-0.05, 0) is 56.3 Å². The molecule has 248 valence electrons. The molecule has 2 aliphatic heterocycles. The molecule has 0 unspecified atom stereocenters. The average Bonchev–Trinajstić information content (AvgIpc) is 3.48. The number of fused-ring (bicyclic) bond motifs is 1. The summed E-state index contributed by atoms with van der Waals surface area (Å²) in [6.07, 6.45) is 2.88. The van der Waals surface area contributed by atoms with Gasteiger partial charge in [-0.1, -0.05) is 46.0 Å². The van der Waals surface area contributed by atoms with Gasteiger partial charge in [-0.2, -0.15) is 0 Å². The van der Waals surface area contributed by atoms with E-state index >= 15 is 0 Å². The van der Waals surface area contributed by atoms with E-state index in [9.17, 15) is 28.8 Å². The van der Waals surface area contributed by atoms with Gasteiger partial charge in [0.05, 0.1) is 6.61 Å². The van der Waals surface area contributed by atoms with Gasteiger partial charge in [-0.3, -0.25) is 28.8 Å². The molecule has 0 aromatic heterocycles. The van der Waals surface area contributed by atoms with E-state index in [-0.39, 0.29) is 43.3 Å². The molecular formula is C32H48N6O7. The van der Waals surface area contributed by atoms with Crippen LogP contribution in [0.25, 0.3) is 0 Å². The van der Waals surface area contributed by atoms with Crippen molar-refractivity contribution in [2.75, 3.05) is 19.8 Å². The largest absolute Gasteiger partial charge is 0.368 e. The molecule has 0 aromatic rings. The van der Waals surface area contributed by atoms with Crippen molar-refractivity contribution in [1.82, 2.24) is 26.2 Å². The lowest BCUT2D eigenvalue weighted by Gasteiger charge is -2.31. The average molecular weight is 629 g/mol. The fraction of sp³-hybridized carbons (Fsp3) is 0.688. The van der Waals surface area contributed by atoms with Crippen molar-refractivity contribution in [2.24, 2.45) is 17.6 Å². The number of rotatable bonds is 7. The van der Waals surface area contributed by atoms with Gasteiger partial charge in [0, 0.05) is 19.4 Å². The number of nitrogens with one attached hydrogen (secondary N) is 4. The van der Waals surface area contributed by atoms with Gasteiger partial charge in [0.1, 0.15) is 36.8 Å². The molecule has 6 N–H and O–H groups in total. The Balaban J connectivity index is 2.37. The van der Waals surface area contributed by atoms with Gasteiger partial charge in [0.2, 0.25) is 35.4 Å². The molecule has 0 radical (unpaired) electrons. The molecule has 2 rings (SSSR count). The molecule has 0 aliphatic carbocycles. The van der Waals surface area contributed by atoms with E-state index in [0.717, 1.165) is 0 Å². The summed E-state index contributed by atoms with van der Waals surface area (Å²) in [6, 6.07) is -4.88. The maximum atomic E-state index is 13.6. The van der Waals surface area contributed by atoms with E-state index in [2.05, 4.69) is 44.9 Å². The zero-order valence-electron chi connectivity index (χ0n) is 27.0. The van der Waals surface area contributed by atoms with Crippen molar-refractivity contribution in [3.05, 3.63) is 0 Å². The SMILES string of the molecule is CC[C@H](C)[C@@H]1NC(=O)[C@@H]2CCCN2C(=O)[C@H](C)NC(=O)CCCC#CC#CCOC[C@@H](C(=O)N[C@@H](CC(C)C)C(N)=O)NC1=O. The molecule has 0 saturated carbocycles. The number of primary amides is 1. The summed E-state index contributed by atoms with van der Waals surface area (Å²) < 4.78 is 5.57. The van der Waals surface area contributed by atoms with Crippen LogP contribution >= 0.6 is 0 Å². The summed E-state index contributed by atoms with van der Waals surface area (Å²) in [4.78, 5) is 79.6. The summed E-state index contributed by atoms with van der Waals surface area (Å²) in [5.41, 5.74) is 5.52. The van der Waals surface area contributed by atoms with Gasteiger partial charge in [0.15, 0.2) is 0 Å². The summed E-state index contributed by atoms with van der Waals surface area (Å²) in [5.74, 6) is 7.43. The Morgan fingerprint density at radius 3 is 2.42 bits per heavy atom. The zero-order valence-corrected chi connectivity index (χ0v) is 27.0. The molecule has 0 aromatic carbocycles. The second-order valence-corrected chi connectivity index (χ2v) is 12.0. The van der Waals surface area contributed by atoms with Crippen LogP contribution in [0.4, 0.5) is 0 Å². The first-order chi connectivity index (χ1) is 21.3. The molecule has 13 nitrogen and oxygen atoms in total. The van der Waals surface area contributed by atoms with Gasteiger partial charge in [0.25, 0.3) is 0 Å². The fourth-order valence-electron chi connectivity index (χ4n) is 5.07. The Hall–Kier alpha value is -4.10. The quantitative estimate of drug-likeness (QED) is 0.240. The molecule has 1 saturated heterocycles. The van der Waals surface area contributed by atoms with Crippen LogP contribution in [0, 0.1) is 35.5 Å². The van der Waals surface area contributed by atoms with Crippen LogP contribution in [-0.4, -0.2) is 90.3 Å². The lowest BCUT2D eigenvalue weighted by atomic mass is 9.97. The van der Waals surface area contributed by atoms with Crippen molar-refractivity contribution in [3.8, 4) is 23.7 Å². The molecule has 2 aliphatic rings. The van der Waals surface area contributed by atoms with E-state index < -0.39 is 53.8 Å². The zero-order chi connectivity index (χ0) is 33.5. The Morgan fingerprint density at radius 1 is 1.04 bits per heavy atom. The maximum Gasteiger partial charge on any atom is 0.245 e. The highest BCUT2D eigenvalue weighted by Crippen LogP contribution is 2.20. The third-order valence-electron chi connectivity index (χ3n) is 7.78. The normalized spacial score (nSPS) is 25.3. The van der Waals surface area contributed by atoms with E-state index in [1.807, 2.05) is 20.8 Å². The highest BCUT2D eigenvalue weighted by Gasteiger charge is 2.39. The Labute approximate surface area is 265 Å². The monoisotopic (exact) mass is 628 g/mol. The molecule has 0 spiro atoms. The number of ether oxygens (including phenoxy) is 1. The van der Waals surface area contributed by atoms with Crippen LogP contribution in [0.5, 0.6) is 0 Å². The van der Waals surface area contributed by atoms with Gasteiger partial charge >= 0.3 is 0 Å². The topological polar surface area (TPSA) is 189 Å². The first kappa shape index (κ1) is 37.1. The second-order valence-electron chi connectivity index (χ2n) is 12.0. The summed E-state index contributed by atoms with van der Waals surface area (Å²) in [6.45, 7) is 8.97. The summed E-state index contributed by atoms with van der Waals surface area (Å²) in [5, 5.41) is 10.8. The highest BCUT2D eigenvalue weighted by atomic mass is 16.5. The van der Waals surface area contributed by atoms with E-state index in [1.54, 1.807) is 13.8 Å².